The maximum absolute atomic E-state index is 12.4. The Labute approximate surface area is 153 Å². The molecule has 2 aromatic carbocycles. The molecular weight excluding hydrogens is 324 g/mol. The molecule has 0 unspecified atom stereocenters. The zero-order valence-electron chi connectivity index (χ0n) is 14.8. The molecule has 0 bridgehead atoms. The van der Waals surface area contributed by atoms with Gasteiger partial charge in [-0.25, -0.2) is 9.97 Å². The van der Waals surface area contributed by atoms with Crippen LogP contribution < -0.4 is 10.6 Å². The highest BCUT2D eigenvalue weighted by molar-refractivity contribution is 5.93. The third-order valence-corrected chi connectivity index (χ3v) is 3.84. The first-order chi connectivity index (χ1) is 12.8. The van der Waals surface area contributed by atoms with Crippen molar-refractivity contribution in [1.82, 2.24) is 15.3 Å². The Morgan fingerprint density at radius 2 is 1.65 bits per heavy atom. The fraction of sp³-hybridized carbons (Fsp3) is 0.190. The van der Waals surface area contributed by atoms with Crippen LogP contribution in [0.15, 0.2) is 66.7 Å². The van der Waals surface area contributed by atoms with Crippen molar-refractivity contribution in [3.8, 4) is 11.4 Å². The van der Waals surface area contributed by atoms with Gasteiger partial charge in [-0.2, -0.15) is 0 Å². The summed E-state index contributed by atoms with van der Waals surface area (Å²) in [5.74, 6) is 0.976. The highest BCUT2D eigenvalue weighted by Crippen LogP contribution is 2.18. The SMILES string of the molecule is CCCNC(=O)c1cc(NCc2ccccc2)nc(-c2ccccc2)n1. The van der Waals surface area contributed by atoms with Crippen molar-refractivity contribution in [3.05, 3.63) is 78.0 Å². The van der Waals surface area contributed by atoms with Crippen LogP contribution in [0.25, 0.3) is 11.4 Å². The van der Waals surface area contributed by atoms with E-state index in [0.717, 1.165) is 17.5 Å². The number of benzene rings is 2. The number of anilines is 1. The van der Waals surface area contributed by atoms with E-state index in [2.05, 4.69) is 20.6 Å². The Hall–Kier alpha value is -3.21. The second-order valence-electron chi connectivity index (χ2n) is 5.92. The first-order valence-corrected chi connectivity index (χ1v) is 8.77. The molecule has 26 heavy (non-hydrogen) atoms. The third kappa shape index (κ3) is 4.66. The predicted molar refractivity (Wildman–Crippen MR) is 104 cm³/mol. The summed E-state index contributed by atoms with van der Waals surface area (Å²) in [7, 11) is 0. The largest absolute Gasteiger partial charge is 0.366 e. The van der Waals surface area contributed by atoms with Gasteiger partial charge in [-0.1, -0.05) is 67.6 Å². The number of carbonyl (C=O) groups excluding carboxylic acids is 1. The zero-order valence-corrected chi connectivity index (χ0v) is 14.8. The molecule has 132 valence electrons. The van der Waals surface area contributed by atoms with Gasteiger partial charge in [-0.05, 0) is 12.0 Å². The van der Waals surface area contributed by atoms with Crippen molar-refractivity contribution in [3.63, 3.8) is 0 Å². The summed E-state index contributed by atoms with van der Waals surface area (Å²) in [6, 6.07) is 21.4. The second kappa shape index (κ2) is 8.76. The zero-order chi connectivity index (χ0) is 18.2. The first-order valence-electron chi connectivity index (χ1n) is 8.77. The lowest BCUT2D eigenvalue weighted by Crippen LogP contribution is -2.25. The van der Waals surface area contributed by atoms with Crippen LogP contribution in [-0.4, -0.2) is 22.4 Å². The highest BCUT2D eigenvalue weighted by atomic mass is 16.1. The summed E-state index contributed by atoms with van der Waals surface area (Å²) in [5, 5.41) is 6.16. The molecule has 0 atom stereocenters. The monoisotopic (exact) mass is 346 g/mol. The smallest absolute Gasteiger partial charge is 0.270 e. The summed E-state index contributed by atoms with van der Waals surface area (Å²) < 4.78 is 0. The van der Waals surface area contributed by atoms with Gasteiger partial charge in [0.1, 0.15) is 11.5 Å². The molecular formula is C21H22N4O. The molecule has 3 rings (SSSR count). The minimum Gasteiger partial charge on any atom is -0.366 e. The summed E-state index contributed by atoms with van der Waals surface area (Å²) in [5.41, 5.74) is 2.38. The molecule has 0 aliphatic heterocycles. The number of aromatic nitrogens is 2. The Kier molecular flexibility index (Phi) is 5.93. The van der Waals surface area contributed by atoms with E-state index < -0.39 is 0 Å². The van der Waals surface area contributed by atoms with Crippen LogP contribution in [0.1, 0.15) is 29.4 Å². The molecule has 0 saturated heterocycles. The van der Waals surface area contributed by atoms with E-state index in [1.165, 1.54) is 0 Å². The number of hydrogen-bond donors (Lipinski definition) is 2. The fourth-order valence-electron chi connectivity index (χ4n) is 2.49. The van der Waals surface area contributed by atoms with Crippen LogP contribution in [0.4, 0.5) is 5.82 Å². The Bertz CT molecular complexity index is 850. The van der Waals surface area contributed by atoms with Gasteiger partial charge in [0.2, 0.25) is 0 Å². The minimum absolute atomic E-state index is 0.186. The lowest BCUT2D eigenvalue weighted by molar-refractivity contribution is 0.0948. The Morgan fingerprint density at radius 1 is 0.962 bits per heavy atom. The molecule has 0 fully saturated rings. The number of nitrogens with one attached hydrogen (secondary N) is 2. The van der Waals surface area contributed by atoms with E-state index in [-0.39, 0.29) is 5.91 Å². The second-order valence-corrected chi connectivity index (χ2v) is 5.92. The molecule has 1 heterocycles. The van der Waals surface area contributed by atoms with Crippen molar-refractivity contribution in [2.45, 2.75) is 19.9 Å². The van der Waals surface area contributed by atoms with Crippen molar-refractivity contribution in [2.24, 2.45) is 0 Å². The maximum Gasteiger partial charge on any atom is 0.270 e. The van der Waals surface area contributed by atoms with Crippen LogP contribution in [0.2, 0.25) is 0 Å². The van der Waals surface area contributed by atoms with Crippen molar-refractivity contribution in [1.29, 1.82) is 0 Å². The van der Waals surface area contributed by atoms with Crippen LogP contribution >= 0.6 is 0 Å². The molecule has 0 spiro atoms. The van der Waals surface area contributed by atoms with Gasteiger partial charge in [0, 0.05) is 24.7 Å². The van der Waals surface area contributed by atoms with Crippen LogP contribution in [0.5, 0.6) is 0 Å². The molecule has 1 aromatic heterocycles. The number of amides is 1. The summed E-state index contributed by atoms with van der Waals surface area (Å²) in [4.78, 5) is 21.4. The maximum atomic E-state index is 12.4. The Morgan fingerprint density at radius 3 is 2.35 bits per heavy atom. The number of rotatable bonds is 7. The van der Waals surface area contributed by atoms with Crippen LogP contribution in [0.3, 0.4) is 0 Å². The molecule has 0 aliphatic rings. The summed E-state index contributed by atoms with van der Waals surface area (Å²) in [6.07, 6.45) is 0.876. The summed E-state index contributed by atoms with van der Waals surface area (Å²) >= 11 is 0. The van der Waals surface area contributed by atoms with Gasteiger partial charge < -0.3 is 10.6 Å². The topological polar surface area (TPSA) is 66.9 Å². The standard InChI is InChI=1S/C21H22N4O/c1-2-13-22-21(26)18-14-19(23-15-16-9-5-3-6-10-16)25-20(24-18)17-11-7-4-8-12-17/h3-12,14H,2,13,15H2,1H3,(H,22,26)(H,23,24,25). The fourth-order valence-corrected chi connectivity index (χ4v) is 2.49. The first kappa shape index (κ1) is 17.6. The van der Waals surface area contributed by atoms with Gasteiger partial charge in [-0.3, -0.25) is 4.79 Å². The van der Waals surface area contributed by atoms with Gasteiger partial charge >= 0.3 is 0 Å². The van der Waals surface area contributed by atoms with Gasteiger partial charge in [0.05, 0.1) is 0 Å². The number of carbonyl (C=O) groups is 1. The van der Waals surface area contributed by atoms with Crippen LogP contribution in [0, 0.1) is 0 Å². The van der Waals surface area contributed by atoms with Crippen LogP contribution in [-0.2, 0) is 6.54 Å². The van der Waals surface area contributed by atoms with E-state index in [9.17, 15) is 4.79 Å². The average molecular weight is 346 g/mol. The molecule has 0 saturated carbocycles. The molecule has 5 nitrogen and oxygen atoms in total. The number of hydrogen-bond acceptors (Lipinski definition) is 4. The average Bonchev–Trinajstić information content (AvgIpc) is 2.71. The van der Waals surface area contributed by atoms with E-state index in [1.807, 2.05) is 67.6 Å². The predicted octanol–water partition coefficient (Wildman–Crippen LogP) is 3.90. The molecule has 0 aliphatic carbocycles. The lowest BCUT2D eigenvalue weighted by Gasteiger charge is -2.10. The Balaban J connectivity index is 1.88. The van der Waals surface area contributed by atoms with E-state index >= 15 is 0 Å². The lowest BCUT2D eigenvalue weighted by atomic mass is 10.2. The quantitative estimate of drug-likeness (QED) is 0.681. The van der Waals surface area contributed by atoms with E-state index in [1.54, 1.807) is 6.07 Å². The molecule has 5 heteroatoms. The summed E-state index contributed by atoms with van der Waals surface area (Å²) in [6.45, 7) is 3.26. The normalized spacial score (nSPS) is 10.3. The molecule has 3 aromatic rings. The number of nitrogens with zero attached hydrogens (tertiary/aromatic N) is 2. The van der Waals surface area contributed by atoms with Crippen molar-refractivity contribution < 1.29 is 4.79 Å². The molecule has 0 radical (unpaired) electrons. The molecule has 1 amide bonds. The van der Waals surface area contributed by atoms with Crippen molar-refractivity contribution >= 4 is 11.7 Å². The molecule has 2 N–H and O–H groups in total. The van der Waals surface area contributed by atoms with E-state index in [4.69, 9.17) is 0 Å². The van der Waals surface area contributed by atoms with E-state index in [0.29, 0.717) is 30.4 Å². The van der Waals surface area contributed by atoms with Gasteiger partial charge in [-0.15, -0.1) is 0 Å². The third-order valence-electron chi connectivity index (χ3n) is 3.84. The van der Waals surface area contributed by atoms with Gasteiger partial charge in [0.15, 0.2) is 5.82 Å². The van der Waals surface area contributed by atoms with Gasteiger partial charge in [0.25, 0.3) is 5.91 Å². The minimum atomic E-state index is -0.186. The van der Waals surface area contributed by atoms with Crippen molar-refractivity contribution in [2.75, 3.05) is 11.9 Å². The highest BCUT2D eigenvalue weighted by Gasteiger charge is 2.12.